The molecule has 0 amide bonds. The van der Waals surface area contributed by atoms with Crippen molar-refractivity contribution < 1.29 is 13.5 Å². The van der Waals surface area contributed by atoms with Crippen LogP contribution in [-0.4, -0.2) is 4.98 Å². The van der Waals surface area contributed by atoms with Gasteiger partial charge in [0.25, 0.3) is 0 Å². The molecule has 0 saturated heterocycles. The minimum Gasteiger partial charge on any atom is -0.489 e. The second-order valence-electron chi connectivity index (χ2n) is 4.80. The summed E-state index contributed by atoms with van der Waals surface area (Å²) in [5.74, 6) is -0.0332. The number of halogens is 2. The Labute approximate surface area is 127 Å². The summed E-state index contributed by atoms with van der Waals surface area (Å²) >= 11 is 0. The van der Waals surface area contributed by atoms with Gasteiger partial charge in [0, 0.05) is 29.1 Å². The first-order chi connectivity index (χ1) is 10.7. The molecule has 0 aliphatic carbocycles. The molecule has 0 atom stereocenters. The highest BCUT2D eigenvalue weighted by Gasteiger charge is 2.06. The van der Waals surface area contributed by atoms with E-state index in [1.807, 2.05) is 6.07 Å². The molecule has 3 rings (SSSR count). The van der Waals surface area contributed by atoms with Crippen LogP contribution >= 0.6 is 0 Å². The van der Waals surface area contributed by atoms with Gasteiger partial charge in [-0.25, -0.2) is 8.78 Å². The van der Waals surface area contributed by atoms with Gasteiger partial charge in [-0.15, -0.1) is 0 Å². The molecular formula is C18H13F2NO. The normalized spacial score (nSPS) is 10.5. The van der Waals surface area contributed by atoms with Crippen molar-refractivity contribution in [3.63, 3.8) is 0 Å². The van der Waals surface area contributed by atoms with Crippen LogP contribution in [0, 0.1) is 11.6 Å². The highest BCUT2D eigenvalue weighted by molar-refractivity contribution is 5.63. The fraction of sp³-hybridized carbons (Fsp3) is 0.0556. The standard InChI is InChI=1S/C18H13F2NO/c19-15-5-7-16(8-6-15)22-12-13-9-14(11-21-10-13)17-3-1-2-4-18(17)20/h1-11H,12H2. The lowest BCUT2D eigenvalue weighted by atomic mass is 10.1. The van der Waals surface area contributed by atoms with E-state index in [-0.39, 0.29) is 18.2 Å². The zero-order valence-corrected chi connectivity index (χ0v) is 11.7. The summed E-state index contributed by atoms with van der Waals surface area (Å²) in [6.45, 7) is 0.279. The maximum Gasteiger partial charge on any atom is 0.131 e. The number of nitrogens with zero attached hydrogens (tertiary/aromatic N) is 1. The van der Waals surface area contributed by atoms with E-state index in [9.17, 15) is 8.78 Å². The first-order valence-corrected chi connectivity index (χ1v) is 6.79. The van der Waals surface area contributed by atoms with E-state index >= 15 is 0 Å². The van der Waals surface area contributed by atoms with Gasteiger partial charge in [0.15, 0.2) is 0 Å². The van der Waals surface area contributed by atoms with Crippen LogP contribution in [0.3, 0.4) is 0 Å². The summed E-state index contributed by atoms with van der Waals surface area (Å²) in [5, 5.41) is 0. The van der Waals surface area contributed by atoms with E-state index < -0.39 is 0 Å². The van der Waals surface area contributed by atoms with Crippen molar-refractivity contribution in [3.05, 3.63) is 84.2 Å². The molecule has 0 saturated carbocycles. The van der Waals surface area contributed by atoms with Gasteiger partial charge in [0.1, 0.15) is 24.0 Å². The van der Waals surface area contributed by atoms with E-state index in [1.54, 1.807) is 42.7 Å². The number of rotatable bonds is 4. The Morgan fingerprint density at radius 3 is 2.45 bits per heavy atom. The average molecular weight is 297 g/mol. The largest absolute Gasteiger partial charge is 0.489 e. The second-order valence-corrected chi connectivity index (χ2v) is 4.80. The fourth-order valence-electron chi connectivity index (χ4n) is 2.11. The molecule has 0 aliphatic heterocycles. The van der Waals surface area contributed by atoms with Gasteiger partial charge >= 0.3 is 0 Å². The van der Waals surface area contributed by atoms with E-state index in [2.05, 4.69) is 4.98 Å². The van der Waals surface area contributed by atoms with Crippen molar-refractivity contribution in [3.8, 4) is 16.9 Å². The lowest BCUT2D eigenvalue weighted by Crippen LogP contribution is -1.97. The topological polar surface area (TPSA) is 22.1 Å². The van der Waals surface area contributed by atoms with Crippen LogP contribution in [0.1, 0.15) is 5.56 Å². The number of aromatic nitrogens is 1. The molecule has 0 aliphatic rings. The predicted octanol–water partition coefficient (Wildman–Crippen LogP) is 4.61. The number of hydrogen-bond acceptors (Lipinski definition) is 2. The van der Waals surface area contributed by atoms with Crippen LogP contribution < -0.4 is 4.74 Å². The molecule has 0 fully saturated rings. The molecular weight excluding hydrogens is 284 g/mol. The zero-order chi connectivity index (χ0) is 15.4. The Bertz CT molecular complexity index is 772. The summed E-state index contributed by atoms with van der Waals surface area (Å²) in [7, 11) is 0. The molecule has 2 aromatic carbocycles. The molecule has 110 valence electrons. The fourth-order valence-corrected chi connectivity index (χ4v) is 2.11. The van der Waals surface area contributed by atoms with Crippen molar-refractivity contribution in [2.75, 3.05) is 0 Å². The summed E-state index contributed by atoms with van der Waals surface area (Å²) in [4.78, 5) is 4.12. The van der Waals surface area contributed by atoms with Gasteiger partial charge in [-0.2, -0.15) is 0 Å². The summed E-state index contributed by atoms with van der Waals surface area (Å²) < 4.78 is 32.2. The lowest BCUT2D eigenvalue weighted by molar-refractivity contribution is 0.305. The lowest BCUT2D eigenvalue weighted by Gasteiger charge is -2.08. The van der Waals surface area contributed by atoms with Crippen LogP contribution in [0.5, 0.6) is 5.75 Å². The highest BCUT2D eigenvalue weighted by Crippen LogP contribution is 2.23. The zero-order valence-electron chi connectivity index (χ0n) is 11.7. The minimum atomic E-state index is -0.310. The molecule has 2 nitrogen and oxygen atoms in total. The molecule has 3 aromatic rings. The van der Waals surface area contributed by atoms with Crippen molar-refractivity contribution >= 4 is 0 Å². The molecule has 0 spiro atoms. The van der Waals surface area contributed by atoms with Crippen LogP contribution in [-0.2, 0) is 6.61 Å². The number of hydrogen-bond donors (Lipinski definition) is 0. The molecule has 1 heterocycles. The molecule has 22 heavy (non-hydrogen) atoms. The Hall–Kier alpha value is -2.75. The van der Waals surface area contributed by atoms with Gasteiger partial charge in [-0.1, -0.05) is 18.2 Å². The second kappa shape index (κ2) is 6.35. The maximum atomic E-state index is 13.8. The maximum absolute atomic E-state index is 13.8. The quantitative estimate of drug-likeness (QED) is 0.702. The van der Waals surface area contributed by atoms with E-state index in [4.69, 9.17) is 4.74 Å². The minimum absolute atomic E-state index is 0.279. The Balaban J connectivity index is 1.77. The Kier molecular flexibility index (Phi) is 4.10. The average Bonchev–Trinajstić information content (AvgIpc) is 2.55. The van der Waals surface area contributed by atoms with Gasteiger partial charge in [-0.05, 0) is 36.4 Å². The van der Waals surface area contributed by atoms with Gasteiger partial charge in [0.2, 0.25) is 0 Å². The van der Waals surface area contributed by atoms with Crippen LogP contribution in [0.25, 0.3) is 11.1 Å². The molecule has 0 unspecified atom stereocenters. The third-order valence-electron chi connectivity index (χ3n) is 3.20. The Morgan fingerprint density at radius 1 is 0.909 bits per heavy atom. The highest BCUT2D eigenvalue weighted by atomic mass is 19.1. The SMILES string of the molecule is Fc1ccc(OCc2cncc(-c3ccccc3F)c2)cc1. The predicted molar refractivity (Wildman–Crippen MR) is 80.4 cm³/mol. The summed E-state index contributed by atoms with van der Waals surface area (Å²) in [6, 6.07) is 14.2. The van der Waals surface area contributed by atoms with Crippen LogP contribution in [0.2, 0.25) is 0 Å². The van der Waals surface area contributed by atoms with Crippen LogP contribution in [0.4, 0.5) is 8.78 Å². The number of ether oxygens (including phenoxy) is 1. The monoisotopic (exact) mass is 297 g/mol. The summed E-state index contributed by atoms with van der Waals surface area (Å²) in [6.07, 6.45) is 3.27. The van der Waals surface area contributed by atoms with E-state index in [1.165, 1.54) is 18.2 Å². The third-order valence-corrected chi connectivity index (χ3v) is 3.20. The van der Waals surface area contributed by atoms with Gasteiger partial charge < -0.3 is 4.74 Å². The van der Waals surface area contributed by atoms with Gasteiger partial charge in [0.05, 0.1) is 0 Å². The first-order valence-electron chi connectivity index (χ1n) is 6.79. The number of benzene rings is 2. The van der Waals surface area contributed by atoms with E-state index in [0.717, 1.165) is 5.56 Å². The van der Waals surface area contributed by atoms with Crippen molar-refractivity contribution in [2.24, 2.45) is 0 Å². The van der Waals surface area contributed by atoms with Gasteiger partial charge in [-0.3, -0.25) is 4.98 Å². The smallest absolute Gasteiger partial charge is 0.131 e. The van der Waals surface area contributed by atoms with Crippen molar-refractivity contribution in [2.45, 2.75) is 6.61 Å². The first kappa shape index (κ1) is 14.2. The molecule has 0 bridgehead atoms. The third kappa shape index (κ3) is 3.28. The molecule has 1 aromatic heterocycles. The molecule has 4 heteroatoms. The van der Waals surface area contributed by atoms with Crippen molar-refractivity contribution in [1.29, 1.82) is 0 Å². The van der Waals surface area contributed by atoms with Crippen LogP contribution in [0.15, 0.2) is 67.0 Å². The molecule has 0 radical (unpaired) electrons. The van der Waals surface area contributed by atoms with Crippen molar-refractivity contribution in [1.82, 2.24) is 4.98 Å². The summed E-state index contributed by atoms with van der Waals surface area (Å²) in [5.41, 5.74) is 2.00. The Morgan fingerprint density at radius 2 is 1.68 bits per heavy atom. The molecule has 0 N–H and O–H groups in total. The van der Waals surface area contributed by atoms with E-state index in [0.29, 0.717) is 16.9 Å². The number of pyridine rings is 1.